The van der Waals surface area contributed by atoms with Gasteiger partial charge < -0.3 is 9.73 Å². The van der Waals surface area contributed by atoms with Crippen molar-refractivity contribution in [3.8, 4) is 0 Å². The maximum atomic E-state index is 13.6. The fourth-order valence-electron chi connectivity index (χ4n) is 3.81. The standard InChI is InChI=1S/C23H22FN3O3/c24-17-9-11-19(12-10-17)27(23(29)20-8-4-14-30-20)21(16-5-3-13-25-15-16)22(28)26-18-6-1-2-7-18/h3-5,8-15,18,21H,1-2,6-7H2,(H,26,28)/t21-/m0/s1. The van der Waals surface area contributed by atoms with E-state index in [0.29, 0.717) is 11.3 Å². The van der Waals surface area contributed by atoms with Gasteiger partial charge in [-0.1, -0.05) is 18.9 Å². The van der Waals surface area contributed by atoms with Crippen LogP contribution in [0.3, 0.4) is 0 Å². The topological polar surface area (TPSA) is 75.4 Å². The van der Waals surface area contributed by atoms with Crippen LogP contribution in [-0.4, -0.2) is 22.8 Å². The largest absolute Gasteiger partial charge is 0.459 e. The first-order valence-corrected chi connectivity index (χ1v) is 9.96. The SMILES string of the molecule is O=C(NC1CCCC1)[C@H](c1cccnc1)N(C(=O)c1ccco1)c1ccc(F)cc1. The van der Waals surface area contributed by atoms with Crippen LogP contribution < -0.4 is 10.2 Å². The van der Waals surface area contributed by atoms with E-state index in [9.17, 15) is 14.0 Å². The van der Waals surface area contributed by atoms with Crippen LogP contribution >= 0.6 is 0 Å². The maximum absolute atomic E-state index is 13.6. The zero-order valence-electron chi connectivity index (χ0n) is 16.3. The van der Waals surface area contributed by atoms with Crippen molar-refractivity contribution in [1.82, 2.24) is 10.3 Å². The quantitative estimate of drug-likeness (QED) is 0.662. The number of hydrogen-bond acceptors (Lipinski definition) is 4. The zero-order chi connectivity index (χ0) is 20.9. The first-order valence-electron chi connectivity index (χ1n) is 9.96. The van der Waals surface area contributed by atoms with E-state index < -0.39 is 17.8 Å². The summed E-state index contributed by atoms with van der Waals surface area (Å²) in [6.07, 6.45) is 8.51. The molecule has 3 aromatic rings. The summed E-state index contributed by atoms with van der Waals surface area (Å²) in [5.41, 5.74) is 0.936. The molecular formula is C23H22FN3O3. The third-order valence-corrected chi connectivity index (χ3v) is 5.26. The molecule has 6 nitrogen and oxygen atoms in total. The predicted octanol–water partition coefficient (Wildman–Crippen LogP) is 4.26. The van der Waals surface area contributed by atoms with Crippen molar-refractivity contribution in [1.29, 1.82) is 0 Å². The Morgan fingerprint density at radius 1 is 1.10 bits per heavy atom. The first-order chi connectivity index (χ1) is 14.6. The van der Waals surface area contributed by atoms with E-state index in [4.69, 9.17) is 4.42 Å². The molecule has 1 aliphatic carbocycles. The number of nitrogens with zero attached hydrogens (tertiary/aromatic N) is 2. The monoisotopic (exact) mass is 407 g/mol. The molecule has 2 heterocycles. The van der Waals surface area contributed by atoms with Crippen LogP contribution in [0.15, 0.2) is 71.6 Å². The highest BCUT2D eigenvalue weighted by atomic mass is 19.1. The van der Waals surface area contributed by atoms with Crippen LogP contribution in [0.25, 0.3) is 0 Å². The number of aromatic nitrogens is 1. The number of furan rings is 1. The van der Waals surface area contributed by atoms with Gasteiger partial charge in [0.25, 0.3) is 5.91 Å². The van der Waals surface area contributed by atoms with Gasteiger partial charge in [-0.3, -0.25) is 19.5 Å². The molecule has 1 N–H and O–H groups in total. The first kappa shape index (κ1) is 19.8. The fraction of sp³-hybridized carbons (Fsp3) is 0.261. The lowest BCUT2D eigenvalue weighted by molar-refractivity contribution is -0.123. The molecule has 1 fully saturated rings. The lowest BCUT2D eigenvalue weighted by Gasteiger charge is -2.31. The van der Waals surface area contributed by atoms with Crippen LogP contribution in [0.4, 0.5) is 10.1 Å². The number of rotatable bonds is 6. The molecule has 1 atom stereocenters. The number of amides is 2. The van der Waals surface area contributed by atoms with Crippen molar-refractivity contribution in [2.45, 2.75) is 37.8 Å². The van der Waals surface area contributed by atoms with Gasteiger partial charge in [-0.05, 0) is 55.3 Å². The molecule has 154 valence electrons. The van der Waals surface area contributed by atoms with Crippen LogP contribution in [0, 0.1) is 5.82 Å². The molecule has 0 bridgehead atoms. The van der Waals surface area contributed by atoms with Gasteiger partial charge in [-0.15, -0.1) is 0 Å². The van der Waals surface area contributed by atoms with Crippen molar-refractivity contribution in [2.24, 2.45) is 0 Å². The van der Waals surface area contributed by atoms with Crippen molar-refractivity contribution in [3.05, 3.63) is 84.3 Å². The fourth-order valence-corrected chi connectivity index (χ4v) is 3.81. The number of benzene rings is 1. The van der Waals surface area contributed by atoms with E-state index in [2.05, 4.69) is 10.3 Å². The van der Waals surface area contributed by atoms with Crippen molar-refractivity contribution in [2.75, 3.05) is 4.90 Å². The second-order valence-electron chi connectivity index (χ2n) is 7.31. The number of anilines is 1. The Bertz CT molecular complexity index is 984. The third-order valence-electron chi connectivity index (χ3n) is 5.26. The van der Waals surface area contributed by atoms with E-state index in [1.54, 1.807) is 30.6 Å². The normalized spacial score (nSPS) is 15.0. The molecule has 0 radical (unpaired) electrons. The summed E-state index contributed by atoms with van der Waals surface area (Å²) in [6, 6.07) is 11.2. The molecule has 0 aliphatic heterocycles. The van der Waals surface area contributed by atoms with Gasteiger partial charge in [0.05, 0.1) is 6.26 Å². The lowest BCUT2D eigenvalue weighted by Crippen LogP contribution is -2.46. The third kappa shape index (κ3) is 4.25. The van der Waals surface area contributed by atoms with Crippen molar-refractivity contribution >= 4 is 17.5 Å². The molecule has 30 heavy (non-hydrogen) atoms. The number of hydrogen-bond donors (Lipinski definition) is 1. The molecule has 2 aromatic heterocycles. The molecule has 1 aromatic carbocycles. The second kappa shape index (κ2) is 8.90. The van der Waals surface area contributed by atoms with Crippen molar-refractivity contribution < 1.29 is 18.4 Å². The molecule has 0 saturated heterocycles. The maximum Gasteiger partial charge on any atom is 0.294 e. The van der Waals surface area contributed by atoms with E-state index in [1.807, 2.05) is 0 Å². The van der Waals surface area contributed by atoms with Gasteiger partial charge in [-0.25, -0.2) is 4.39 Å². The summed E-state index contributed by atoms with van der Waals surface area (Å²) in [5.74, 6) is -1.15. The highest BCUT2D eigenvalue weighted by molar-refractivity contribution is 6.08. The Labute approximate surface area is 173 Å². The van der Waals surface area contributed by atoms with Crippen LogP contribution in [-0.2, 0) is 4.79 Å². The van der Waals surface area contributed by atoms with Crippen LogP contribution in [0.1, 0.15) is 47.8 Å². The van der Waals surface area contributed by atoms with Crippen LogP contribution in [0.2, 0.25) is 0 Å². The van der Waals surface area contributed by atoms with Crippen LogP contribution in [0.5, 0.6) is 0 Å². The molecule has 1 saturated carbocycles. The van der Waals surface area contributed by atoms with Gasteiger partial charge in [-0.2, -0.15) is 0 Å². The highest BCUT2D eigenvalue weighted by Gasteiger charge is 2.35. The Kier molecular flexibility index (Phi) is 5.88. The van der Waals surface area contributed by atoms with E-state index in [-0.39, 0.29) is 17.7 Å². The number of halogens is 1. The smallest absolute Gasteiger partial charge is 0.294 e. The minimum atomic E-state index is -0.984. The Morgan fingerprint density at radius 3 is 2.50 bits per heavy atom. The Morgan fingerprint density at radius 2 is 1.87 bits per heavy atom. The highest BCUT2D eigenvalue weighted by Crippen LogP contribution is 2.30. The average molecular weight is 407 g/mol. The van der Waals surface area contributed by atoms with Gasteiger partial charge in [0.2, 0.25) is 5.91 Å². The minimum Gasteiger partial charge on any atom is -0.459 e. The van der Waals surface area contributed by atoms with Gasteiger partial charge in [0, 0.05) is 29.7 Å². The molecule has 1 aliphatic rings. The number of nitrogens with one attached hydrogen (secondary N) is 1. The number of pyridine rings is 1. The minimum absolute atomic E-state index is 0.0745. The van der Waals surface area contributed by atoms with Gasteiger partial charge in [0.15, 0.2) is 5.76 Å². The Balaban J connectivity index is 1.78. The Hall–Kier alpha value is -3.48. The van der Waals surface area contributed by atoms with Crippen molar-refractivity contribution in [3.63, 3.8) is 0 Å². The van der Waals surface area contributed by atoms with Gasteiger partial charge >= 0.3 is 0 Å². The molecular weight excluding hydrogens is 385 g/mol. The summed E-state index contributed by atoms with van der Waals surface area (Å²) < 4.78 is 18.9. The number of carbonyl (C=O) groups excluding carboxylic acids is 2. The number of carbonyl (C=O) groups is 2. The van der Waals surface area contributed by atoms with E-state index in [0.717, 1.165) is 25.7 Å². The summed E-state index contributed by atoms with van der Waals surface area (Å²) >= 11 is 0. The van der Waals surface area contributed by atoms with Gasteiger partial charge in [0.1, 0.15) is 11.9 Å². The summed E-state index contributed by atoms with van der Waals surface area (Å²) in [5, 5.41) is 3.07. The molecule has 0 spiro atoms. The van der Waals surface area contributed by atoms with E-state index >= 15 is 0 Å². The van der Waals surface area contributed by atoms with E-state index in [1.165, 1.54) is 41.5 Å². The summed E-state index contributed by atoms with van der Waals surface area (Å²) in [7, 11) is 0. The second-order valence-corrected chi connectivity index (χ2v) is 7.31. The summed E-state index contributed by atoms with van der Waals surface area (Å²) in [4.78, 5) is 32.3. The predicted molar refractivity (Wildman–Crippen MR) is 109 cm³/mol. The lowest BCUT2D eigenvalue weighted by atomic mass is 10.0. The molecule has 2 amide bonds. The summed E-state index contributed by atoms with van der Waals surface area (Å²) in [6.45, 7) is 0. The zero-order valence-corrected chi connectivity index (χ0v) is 16.3. The molecule has 7 heteroatoms. The molecule has 4 rings (SSSR count). The molecule has 0 unspecified atom stereocenters. The average Bonchev–Trinajstić information content (AvgIpc) is 3.47.